The molecule has 0 radical (unpaired) electrons. The predicted octanol–water partition coefficient (Wildman–Crippen LogP) is 1.64. The predicted molar refractivity (Wildman–Crippen MR) is 54.7 cm³/mol. The summed E-state index contributed by atoms with van der Waals surface area (Å²) in [6, 6.07) is 1.44. The van der Waals surface area contributed by atoms with E-state index in [0.29, 0.717) is 0 Å². The zero-order chi connectivity index (χ0) is 11.9. The molecule has 0 amide bonds. The van der Waals surface area contributed by atoms with E-state index < -0.39 is 23.6 Å². The van der Waals surface area contributed by atoms with Crippen molar-refractivity contribution in [3.05, 3.63) is 29.1 Å². The maximum atomic E-state index is 13.5. The molecule has 1 fully saturated rings. The SMILES string of the molecule is N[C@@H](c1c(F)ccc(C(=O)O)c1O)C1CC1. The van der Waals surface area contributed by atoms with Gasteiger partial charge in [0.2, 0.25) is 0 Å². The first-order valence-corrected chi connectivity index (χ1v) is 5.02. The van der Waals surface area contributed by atoms with E-state index in [2.05, 4.69) is 0 Å². The molecule has 0 aliphatic heterocycles. The number of phenols is 1. The molecular weight excluding hydrogens is 213 g/mol. The Labute approximate surface area is 91.5 Å². The van der Waals surface area contributed by atoms with Gasteiger partial charge in [0.05, 0.1) is 0 Å². The summed E-state index contributed by atoms with van der Waals surface area (Å²) in [6.07, 6.45) is 1.77. The van der Waals surface area contributed by atoms with Crippen LogP contribution in [-0.4, -0.2) is 16.2 Å². The molecule has 1 aliphatic carbocycles. The Morgan fingerprint density at radius 3 is 2.62 bits per heavy atom. The van der Waals surface area contributed by atoms with Gasteiger partial charge in [-0.3, -0.25) is 0 Å². The van der Waals surface area contributed by atoms with Crippen LogP contribution in [0.3, 0.4) is 0 Å². The first-order chi connectivity index (χ1) is 7.52. The molecule has 1 aromatic carbocycles. The highest BCUT2D eigenvalue weighted by Gasteiger charge is 2.34. The Kier molecular flexibility index (Phi) is 2.55. The molecule has 4 N–H and O–H groups in total. The number of carboxylic acid groups (broad SMARTS) is 1. The van der Waals surface area contributed by atoms with Gasteiger partial charge in [0.25, 0.3) is 0 Å². The quantitative estimate of drug-likeness (QED) is 0.730. The van der Waals surface area contributed by atoms with Gasteiger partial charge in [0.1, 0.15) is 17.1 Å². The second-order valence-electron chi connectivity index (χ2n) is 4.03. The van der Waals surface area contributed by atoms with Gasteiger partial charge in [-0.15, -0.1) is 0 Å². The number of benzene rings is 1. The first-order valence-electron chi connectivity index (χ1n) is 5.02. The van der Waals surface area contributed by atoms with Crippen LogP contribution in [0.2, 0.25) is 0 Å². The van der Waals surface area contributed by atoms with Gasteiger partial charge in [0.15, 0.2) is 0 Å². The summed E-state index contributed by atoms with van der Waals surface area (Å²) in [4.78, 5) is 10.8. The average Bonchev–Trinajstić information content (AvgIpc) is 2.99. The molecule has 0 unspecified atom stereocenters. The van der Waals surface area contributed by atoms with Gasteiger partial charge in [-0.2, -0.15) is 0 Å². The molecule has 0 aromatic heterocycles. The van der Waals surface area contributed by atoms with E-state index in [1.54, 1.807) is 0 Å². The Balaban J connectivity index is 2.49. The van der Waals surface area contributed by atoms with Crippen molar-refractivity contribution in [3.63, 3.8) is 0 Å². The smallest absolute Gasteiger partial charge is 0.339 e. The summed E-state index contributed by atoms with van der Waals surface area (Å²) >= 11 is 0. The van der Waals surface area contributed by atoms with Crippen molar-refractivity contribution in [1.82, 2.24) is 0 Å². The fourth-order valence-electron chi connectivity index (χ4n) is 1.76. The number of hydrogen-bond donors (Lipinski definition) is 3. The minimum absolute atomic E-state index is 0.0811. The minimum Gasteiger partial charge on any atom is -0.507 e. The Morgan fingerprint density at radius 1 is 1.50 bits per heavy atom. The number of carbonyl (C=O) groups is 1. The Bertz CT molecular complexity index is 443. The lowest BCUT2D eigenvalue weighted by atomic mass is 9.98. The lowest BCUT2D eigenvalue weighted by molar-refractivity contribution is 0.0693. The van der Waals surface area contributed by atoms with E-state index in [0.717, 1.165) is 25.0 Å². The third-order valence-electron chi connectivity index (χ3n) is 2.86. The molecule has 0 spiro atoms. The van der Waals surface area contributed by atoms with E-state index in [1.165, 1.54) is 0 Å². The Morgan fingerprint density at radius 2 is 2.12 bits per heavy atom. The summed E-state index contributed by atoms with van der Waals surface area (Å²) in [6.45, 7) is 0. The minimum atomic E-state index is -1.29. The lowest BCUT2D eigenvalue weighted by Crippen LogP contribution is -2.15. The highest BCUT2D eigenvalue weighted by atomic mass is 19.1. The highest BCUT2D eigenvalue weighted by Crippen LogP contribution is 2.43. The van der Waals surface area contributed by atoms with Crippen molar-refractivity contribution in [1.29, 1.82) is 0 Å². The van der Waals surface area contributed by atoms with Gasteiger partial charge >= 0.3 is 5.97 Å². The molecule has 1 saturated carbocycles. The van der Waals surface area contributed by atoms with Crippen molar-refractivity contribution in [3.8, 4) is 5.75 Å². The van der Waals surface area contributed by atoms with E-state index in [9.17, 15) is 14.3 Å². The number of rotatable bonds is 3. The average molecular weight is 225 g/mol. The molecule has 2 rings (SSSR count). The molecule has 4 nitrogen and oxygen atoms in total. The van der Waals surface area contributed by atoms with Crippen LogP contribution in [0.5, 0.6) is 5.75 Å². The second-order valence-corrected chi connectivity index (χ2v) is 4.03. The van der Waals surface area contributed by atoms with Gasteiger partial charge in [-0.25, -0.2) is 9.18 Å². The van der Waals surface area contributed by atoms with E-state index in [-0.39, 0.29) is 17.0 Å². The lowest BCUT2D eigenvalue weighted by Gasteiger charge is -2.14. The van der Waals surface area contributed by atoms with Gasteiger partial charge in [0, 0.05) is 11.6 Å². The standard InChI is InChI=1S/C11H12FNO3/c12-7-4-3-6(11(15)16)10(14)8(7)9(13)5-1-2-5/h3-5,9,14H,1-2,13H2,(H,15,16)/t9-/m1/s1. The third kappa shape index (κ3) is 1.74. The summed E-state index contributed by atoms with van der Waals surface area (Å²) in [5.74, 6) is -2.35. The third-order valence-corrected chi connectivity index (χ3v) is 2.86. The number of halogens is 1. The molecule has 1 aliphatic rings. The monoisotopic (exact) mass is 225 g/mol. The van der Waals surface area contributed by atoms with Crippen molar-refractivity contribution in [2.75, 3.05) is 0 Å². The maximum absolute atomic E-state index is 13.5. The summed E-state index contributed by atoms with van der Waals surface area (Å²) in [7, 11) is 0. The van der Waals surface area contributed by atoms with Crippen molar-refractivity contribution >= 4 is 5.97 Å². The van der Waals surface area contributed by atoms with E-state index >= 15 is 0 Å². The number of hydrogen-bond acceptors (Lipinski definition) is 3. The normalized spacial score (nSPS) is 17.1. The second kappa shape index (κ2) is 3.75. The summed E-state index contributed by atoms with van der Waals surface area (Å²) in [5.41, 5.74) is 5.38. The molecule has 0 bridgehead atoms. The van der Waals surface area contributed by atoms with Crippen LogP contribution in [0.15, 0.2) is 12.1 Å². The van der Waals surface area contributed by atoms with Crippen LogP contribution in [0, 0.1) is 11.7 Å². The molecule has 1 aromatic rings. The van der Waals surface area contributed by atoms with Crippen LogP contribution in [0.4, 0.5) is 4.39 Å². The van der Waals surface area contributed by atoms with Crippen molar-refractivity contribution < 1.29 is 19.4 Å². The number of aromatic carboxylic acids is 1. The van der Waals surface area contributed by atoms with Gasteiger partial charge in [-0.1, -0.05) is 0 Å². The number of carboxylic acids is 1. The van der Waals surface area contributed by atoms with Crippen LogP contribution < -0.4 is 5.73 Å². The van der Waals surface area contributed by atoms with E-state index in [4.69, 9.17) is 10.8 Å². The zero-order valence-corrected chi connectivity index (χ0v) is 8.48. The van der Waals surface area contributed by atoms with Crippen LogP contribution in [0.25, 0.3) is 0 Å². The van der Waals surface area contributed by atoms with Crippen LogP contribution in [-0.2, 0) is 0 Å². The van der Waals surface area contributed by atoms with Crippen LogP contribution >= 0.6 is 0 Å². The van der Waals surface area contributed by atoms with Gasteiger partial charge in [-0.05, 0) is 30.9 Å². The molecular formula is C11H12FNO3. The maximum Gasteiger partial charge on any atom is 0.339 e. The van der Waals surface area contributed by atoms with Crippen molar-refractivity contribution in [2.45, 2.75) is 18.9 Å². The molecule has 0 saturated heterocycles. The number of nitrogens with two attached hydrogens (primary N) is 1. The fraction of sp³-hybridized carbons (Fsp3) is 0.364. The molecule has 1 atom stereocenters. The topological polar surface area (TPSA) is 83.6 Å². The fourth-order valence-corrected chi connectivity index (χ4v) is 1.76. The summed E-state index contributed by atoms with van der Waals surface area (Å²) < 4.78 is 13.5. The number of aromatic hydroxyl groups is 1. The first kappa shape index (κ1) is 10.9. The largest absolute Gasteiger partial charge is 0.507 e. The van der Waals surface area contributed by atoms with Crippen LogP contribution in [0.1, 0.15) is 34.8 Å². The van der Waals surface area contributed by atoms with E-state index in [1.807, 2.05) is 0 Å². The zero-order valence-electron chi connectivity index (χ0n) is 8.48. The highest BCUT2D eigenvalue weighted by molar-refractivity contribution is 5.91. The molecule has 86 valence electrons. The Hall–Kier alpha value is -1.62. The molecule has 0 heterocycles. The molecule has 16 heavy (non-hydrogen) atoms. The van der Waals surface area contributed by atoms with Gasteiger partial charge < -0.3 is 15.9 Å². The molecule has 5 heteroatoms. The summed E-state index contributed by atoms with van der Waals surface area (Å²) in [5, 5.41) is 18.5. The van der Waals surface area contributed by atoms with Crippen molar-refractivity contribution in [2.24, 2.45) is 11.7 Å².